The Labute approximate surface area is 108 Å². The van der Waals surface area contributed by atoms with Gasteiger partial charge in [0, 0.05) is 11.6 Å². The molecule has 0 radical (unpaired) electrons. The maximum atomic E-state index is 12.5. The fourth-order valence-electron chi connectivity index (χ4n) is 1.46. The third kappa shape index (κ3) is 3.10. The van der Waals surface area contributed by atoms with E-state index in [-0.39, 0.29) is 5.56 Å². The largest absolute Gasteiger partial charge is 0.772 e. The molecule has 1 aromatic rings. The van der Waals surface area contributed by atoms with E-state index in [9.17, 15) is 32.0 Å². The van der Waals surface area contributed by atoms with Crippen LogP contribution in [0.15, 0.2) is 18.2 Å². The molecule has 1 atom stereocenters. The van der Waals surface area contributed by atoms with Gasteiger partial charge >= 0.3 is 6.18 Å². The van der Waals surface area contributed by atoms with Gasteiger partial charge in [-0.2, -0.15) is 13.2 Å². The zero-order valence-corrected chi connectivity index (χ0v) is 10.7. The zero-order chi connectivity index (χ0) is 15.0. The highest BCUT2D eigenvalue weighted by atomic mass is 32.2. The first kappa shape index (κ1) is 15.6. The quantitative estimate of drug-likeness (QED) is 0.487. The fourth-order valence-corrected chi connectivity index (χ4v) is 1.81. The molecule has 5 nitrogen and oxygen atoms in total. The smallest absolute Gasteiger partial charge is 0.416 e. The van der Waals surface area contributed by atoms with Gasteiger partial charge in [-0.3, -0.25) is 14.3 Å². The van der Waals surface area contributed by atoms with Crippen LogP contribution >= 0.6 is 0 Å². The van der Waals surface area contributed by atoms with Crippen LogP contribution < -0.4 is 0 Å². The van der Waals surface area contributed by atoms with Crippen molar-refractivity contribution < 1.29 is 26.9 Å². The molecule has 0 spiro atoms. The summed E-state index contributed by atoms with van der Waals surface area (Å²) in [6.07, 6.45) is -4.73. The maximum absolute atomic E-state index is 12.5. The lowest BCUT2D eigenvalue weighted by atomic mass is 9.98. The molecule has 106 valence electrons. The minimum Gasteiger partial charge on any atom is -0.772 e. The van der Waals surface area contributed by atoms with E-state index in [1.807, 2.05) is 0 Å². The van der Waals surface area contributed by atoms with E-state index in [0.29, 0.717) is 12.1 Å². The van der Waals surface area contributed by atoms with Gasteiger partial charge in [0.2, 0.25) is 0 Å². The summed E-state index contributed by atoms with van der Waals surface area (Å²) in [7, 11) is 0. The highest BCUT2D eigenvalue weighted by molar-refractivity contribution is 7.80. The predicted octanol–water partition coefficient (Wildman–Crippen LogP) is 2.73. The minimum absolute atomic E-state index is 0.293. The Bertz CT molecular complexity index is 542. The average Bonchev–Trinajstić information content (AvgIpc) is 2.26. The molecule has 9 heteroatoms. The molecule has 0 fully saturated rings. The molecule has 0 saturated heterocycles. The summed E-state index contributed by atoms with van der Waals surface area (Å²) in [5.41, 5.74) is -2.36. The van der Waals surface area contributed by atoms with Crippen molar-refractivity contribution >= 4 is 16.8 Å². The number of alkyl halides is 3. The van der Waals surface area contributed by atoms with Crippen molar-refractivity contribution in [1.29, 1.82) is 0 Å². The van der Waals surface area contributed by atoms with E-state index in [2.05, 4.69) is 0 Å². The van der Waals surface area contributed by atoms with Crippen LogP contribution in [0.1, 0.15) is 25.0 Å². The van der Waals surface area contributed by atoms with Crippen molar-refractivity contribution in [3.05, 3.63) is 39.4 Å². The molecule has 0 amide bonds. The van der Waals surface area contributed by atoms with Gasteiger partial charge in [-0.25, -0.2) is 0 Å². The first-order chi connectivity index (χ1) is 8.48. The van der Waals surface area contributed by atoms with Crippen LogP contribution in [0, 0.1) is 10.1 Å². The van der Waals surface area contributed by atoms with E-state index in [0.717, 1.165) is 6.07 Å². The Morgan fingerprint density at radius 2 is 1.79 bits per heavy atom. The second-order valence-corrected chi connectivity index (χ2v) is 5.72. The number of rotatable bonds is 3. The monoisotopic (exact) mass is 296 g/mol. The van der Waals surface area contributed by atoms with Crippen LogP contribution in [0.25, 0.3) is 0 Å². The molecule has 1 unspecified atom stereocenters. The second kappa shape index (κ2) is 4.89. The third-order valence-corrected chi connectivity index (χ3v) is 3.64. The van der Waals surface area contributed by atoms with Crippen molar-refractivity contribution in [2.45, 2.75) is 24.8 Å². The van der Waals surface area contributed by atoms with Crippen molar-refractivity contribution in [2.24, 2.45) is 0 Å². The van der Waals surface area contributed by atoms with Crippen molar-refractivity contribution in [3.63, 3.8) is 0 Å². The first-order valence-corrected chi connectivity index (χ1v) is 6.01. The summed E-state index contributed by atoms with van der Waals surface area (Å²) in [6.45, 7) is 2.34. The number of nitro groups is 1. The first-order valence-electron chi connectivity index (χ1n) is 4.93. The van der Waals surface area contributed by atoms with Crippen molar-refractivity contribution in [3.8, 4) is 0 Å². The number of hydrogen-bond donors (Lipinski definition) is 0. The molecule has 0 aliphatic carbocycles. The molecule has 0 aromatic heterocycles. The topological polar surface area (TPSA) is 83.3 Å². The zero-order valence-electron chi connectivity index (χ0n) is 9.85. The highest BCUT2D eigenvalue weighted by Crippen LogP contribution is 2.38. The van der Waals surface area contributed by atoms with Crippen LogP contribution in [0.5, 0.6) is 0 Å². The number of hydrogen-bond acceptors (Lipinski definition) is 4. The van der Waals surface area contributed by atoms with Crippen LogP contribution in [0.4, 0.5) is 18.9 Å². The van der Waals surface area contributed by atoms with Gasteiger partial charge in [-0.15, -0.1) is 0 Å². The number of nitrogens with zero attached hydrogens (tertiary/aromatic N) is 1. The molecule has 1 rings (SSSR count). The van der Waals surface area contributed by atoms with Gasteiger partial charge in [0.1, 0.15) is 0 Å². The summed E-state index contributed by atoms with van der Waals surface area (Å²) in [6, 6.07) is 1.78. The van der Waals surface area contributed by atoms with Gasteiger partial charge in [-0.05, 0) is 31.0 Å². The second-order valence-electron chi connectivity index (χ2n) is 4.23. The van der Waals surface area contributed by atoms with Gasteiger partial charge in [-0.1, -0.05) is 6.07 Å². The van der Waals surface area contributed by atoms with Gasteiger partial charge in [0.25, 0.3) is 5.69 Å². The standard InChI is InChI=1S/C10H10F3NO4S/c1-9(2,19(17)18)7-4-3-6(10(11,12)13)5-8(7)14(15)16/h3-5H,1-2H3,(H,17,18)/p-1. The lowest BCUT2D eigenvalue weighted by molar-refractivity contribution is -0.386. The minimum atomic E-state index is -4.73. The van der Waals surface area contributed by atoms with Crippen LogP contribution in [-0.4, -0.2) is 13.7 Å². The summed E-state index contributed by atoms with van der Waals surface area (Å²) < 4.78 is 57.8. The highest BCUT2D eigenvalue weighted by Gasteiger charge is 2.36. The lowest BCUT2D eigenvalue weighted by Gasteiger charge is -2.27. The number of nitro benzene ring substituents is 1. The summed E-state index contributed by atoms with van der Waals surface area (Å²) >= 11 is -2.72. The molecule has 0 bridgehead atoms. The summed E-state index contributed by atoms with van der Waals surface area (Å²) in [4.78, 5) is 9.78. The molecule has 0 saturated carbocycles. The predicted molar refractivity (Wildman–Crippen MR) is 60.0 cm³/mol. The Morgan fingerprint density at radius 1 is 1.26 bits per heavy atom. The fraction of sp³-hybridized carbons (Fsp3) is 0.400. The molecule has 1 aromatic carbocycles. The molecule has 0 aliphatic heterocycles. The molecular weight excluding hydrogens is 287 g/mol. The molecule has 0 heterocycles. The average molecular weight is 296 g/mol. The summed E-state index contributed by atoms with van der Waals surface area (Å²) in [5, 5.41) is 10.8. The van der Waals surface area contributed by atoms with Crippen LogP contribution in [-0.2, 0) is 22.0 Å². The van der Waals surface area contributed by atoms with Crippen molar-refractivity contribution in [1.82, 2.24) is 0 Å². The maximum Gasteiger partial charge on any atom is 0.416 e. The number of benzene rings is 1. The lowest BCUT2D eigenvalue weighted by Crippen LogP contribution is -2.25. The van der Waals surface area contributed by atoms with E-state index in [1.165, 1.54) is 13.8 Å². The molecular formula is C10H9F3NO4S-. The number of halogens is 3. The Morgan fingerprint density at radius 3 is 2.16 bits per heavy atom. The normalized spacial score (nSPS) is 14.2. The van der Waals surface area contributed by atoms with E-state index < -0.39 is 38.2 Å². The van der Waals surface area contributed by atoms with Gasteiger partial charge in [0.15, 0.2) is 0 Å². The Hall–Kier alpha value is -1.48. The Balaban J connectivity index is 3.52. The van der Waals surface area contributed by atoms with E-state index in [4.69, 9.17) is 0 Å². The SMILES string of the molecule is CC(C)(c1ccc(C(F)(F)F)cc1[N+](=O)[O-])S(=O)[O-]. The Kier molecular flexibility index (Phi) is 4.01. The van der Waals surface area contributed by atoms with Crippen LogP contribution in [0.2, 0.25) is 0 Å². The van der Waals surface area contributed by atoms with Crippen molar-refractivity contribution in [2.75, 3.05) is 0 Å². The molecule has 19 heavy (non-hydrogen) atoms. The van der Waals surface area contributed by atoms with E-state index >= 15 is 0 Å². The third-order valence-electron chi connectivity index (χ3n) is 2.59. The molecule has 0 aliphatic rings. The van der Waals surface area contributed by atoms with E-state index in [1.54, 1.807) is 0 Å². The van der Waals surface area contributed by atoms with Crippen LogP contribution in [0.3, 0.4) is 0 Å². The molecule has 0 N–H and O–H groups in total. The summed E-state index contributed by atoms with van der Waals surface area (Å²) in [5.74, 6) is 0. The van der Waals surface area contributed by atoms with Gasteiger partial charge < -0.3 is 4.55 Å². The van der Waals surface area contributed by atoms with Gasteiger partial charge in [0.05, 0.1) is 15.2 Å².